The molecule has 5 heteroatoms. The second-order valence-corrected chi connectivity index (χ2v) is 5.50. The number of guanidine groups is 1. The minimum absolute atomic E-state index is 0.551. The van der Waals surface area contributed by atoms with Crippen LogP contribution >= 0.6 is 0 Å². The molecule has 0 aromatic heterocycles. The van der Waals surface area contributed by atoms with Crippen LogP contribution < -0.4 is 20.1 Å². The van der Waals surface area contributed by atoms with E-state index < -0.39 is 0 Å². The van der Waals surface area contributed by atoms with Crippen LogP contribution in [0, 0.1) is 0 Å². The highest BCUT2D eigenvalue weighted by molar-refractivity contribution is 5.80. The first-order chi connectivity index (χ1) is 10.8. The van der Waals surface area contributed by atoms with E-state index in [9.17, 15) is 0 Å². The van der Waals surface area contributed by atoms with Crippen molar-refractivity contribution in [2.75, 3.05) is 20.8 Å². The third-order valence-electron chi connectivity index (χ3n) is 3.94. The molecule has 0 aliphatic heterocycles. The molecule has 0 spiro atoms. The number of nitrogens with zero attached hydrogens (tertiary/aromatic N) is 1. The predicted molar refractivity (Wildman–Crippen MR) is 89.8 cm³/mol. The van der Waals surface area contributed by atoms with Gasteiger partial charge in [0.15, 0.2) is 5.96 Å². The molecule has 0 heterocycles. The predicted octanol–water partition coefficient (Wildman–Crippen LogP) is 2.70. The smallest absolute Gasteiger partial charge is 0.191 e. The molecule has 1 saturated carbocycles. The van der Waals surface area contributed by atoms with Crippen molar-refractivity contribution in [2.24, 2.45) is 4.99 Å². The van der Waals surface area contributed by atoms with E-state index in [4.69, 9.17) is 9.47 Å². The zero-order valence-electron chi connectivity index (χ0n) is 13.8. The molecule has 22 heavy (non-hydrogen) atoms. The summed E-state index contributed by atoms with van der Waals surface area (Å²) in [5.74, 6) is 2.48. The van der Waals surface area contributed by atoms with Crippen LogP contribution in [-0.2, 0) is 6.54 Å². The summed E-state index contributed by atoms with van der Waals surface area (Å²) in [6.45, 7) is 3.52. The van der Waals surface area contributed by atoms with Gasteiger partial charge in [0.05, 0.1) is 20.8 Å². The lowest BCUT2D eigenvalue weighted by molar-refractivity contribution is 0.391. The van der Waals surface area contributed by atoms with Crippen LogP contribution in [0.1, 0.15) is 38.2 Å². The van der Waals surface area contributed by atoms with Crippen LogP contribution in [0.3, 0.4) is 0 Å². The molecule has 0 unspecified atom stereocenters. The Morgan fingerprint density at radius 2 is 2.00 bits per heavy atom. The van der Waals surface area contributed by atoms with E-state index in [-0.39, 0.29) is 0 Å². The Morgan fingerprint density at radius 1 is 1.23 bits per heavy atom. The molecule has 0 atom stereocenters. The summed E-state index contributed by atoms with van der Waals surface area (Å²) in [5, 5.41) is 6.83. The number of hydrogen-bond acceptors (Lipinski definition) is 3. The SMILES string of the molecule is CCNC(=NCc1ccc(OC)cc1OC)NC1CCCC1. The average Bonchev–Trinajstić information content (AvgIpc) is 3.05. The van der Waals surface area contributed by atoms with E-state index in [0.717, 1.165) is 29.6 Å². The number of benzene rings is 1. The summed E-state index contributed by atoms with van der Waals surface area (Å²) in [6, 6.07) is 6.38. The lowest BCUT2D eigenvalue weighted by atomic mass is 10.2. The van der Waals surface area contributed by atoms with Gasteiger partial charge in [-0.3, -0.25) is 0 Å². The molecule has 0 saturated heterocycles. The van der Waals surface area contributed by atoms with E-state index in [0.29, 0.717) is 12.6 Å². The maximum absolute atomic E-state index is 5.42. The summed E-state index contributed by atoms with van der Waals surface area (Å²) in [7, 11) is 3.32. The number of ether oxygens (including phenoxy) is 2. The van der Waals surface area contributed by atoms with E-state index in [1.54, 1.807) is 14.2 Å². The topological polar surface area (TPSA) is 54.9 Å². The second-order valence-electron chi connectivity index (χ2n) is 5.50. The van der Waals surface area contributed by atoms with Gasteiger partial charge in [0.25, 0.3) is 0 Å². The summed E-state index contributed by atoms with van der Waals surface area (Å²) in [4.78, 5) is 4.68. The van der Waals surface area contributed by atoms with Gasteiger partial charge >= 0.3 is 0 Å². The molecular weight excluding hydrogens is 278 g/mol. The summed E-state index contributed by atoms with van der Waals surface area (Å²) < 4.78 is 10.6. The van der Waals surface area contributed by atoms with Crippen LogP contribution in [0.4, 0.5) is 0 Å². The molecule has 1 aliphatic carbocycles. The van der Waals surface area contributed by atoms with Crippen molar-refractivity contribution in [3.8, 4) is 11.5 Å². The molecule has 1 fully saturated rings. The third-order valence-corrected chi connectivity index (χ3v) is 3.94. The van der Waals surface area contributed by atoms with Crippen molar-refractivity contribution >= 4 is 5.96 Å². The van der Waals surface area contributed by atoms with Crippen molar-refractivity contribution in [3.05, 3.63) is 23.8 Å². The number of methoxy groups -OCH3 is 2. The molecule has 0 amide bonds. The molecule has 1 aromatic rings. The first kappa shape index (κ1) is 16.5. The fourth-order valence-electron chi connectivity index (χ4n) is 2.73. The lowest BCUT2D eigenvalue weighted by Crippen LogP contribution is -2.42. The van der Waals surface area contributed by atoms with E-state index >= 15 is 0 Å². The molecule has 2 N–H and O–H groups in total. The fraction of sp³-hybridized carbons (Fsp3) is 0.588. The number of rotatable bonds is 6. The summed E-state index contributed by atoms with van der Waals surface area (Å²) >= 11 is 0. The number of aliphatic imine (C=N–C) groups is 1. The van der Waals surface area contributed by atoms with Gasteiger partial charge < -0.3 is 20.1 Å². The molecule has 1 aliphatic rings. The van der Waals surface area contributed by atoms with Gasteiger partial charge in [0, 0.05) is 24.2 Å². The molecule has 0 radical (unpaired) electrons. The van der Waals surface area contributed by atoms with Crippen molar-refractivity contribution in [3.63, 3.8) is 0 Å². The van der Waals surface area contributed by atoms with Crippen LogP contribution in [-0.4, -0.2) is 32.8 Å². The highest BCUT2D eigenvalue weighted by Gasteiger charge is 2.16. The van der Waals surface area contributed by atoms with Crippen LogP contribution in [0.15, 0.2) is 23.2 Å². The van der Waals surface area contributed by atoms with Crippen molar-refractivity contribution in [2.45, 2.75) is 45.2 Å². The van der Waals surface area contributed by atoms with Crippen molar-refractivity contribution in [1.29, 1.82) is 0 Å². The zero-order chi connectivity index (χ0) is 15.8. The largest absolute Gasteiger partial charge is 0.497 e. The van der Waals surface area contributed by atoms with E-state index in [2.05, 4.69) is 22.5 Å². The quantitative estimate of drug-likeness (QED) is 0.627. The maximum atomic E-state index is 5.42. The zero-order valence-corrected chi connectivity index (χ0v) is 13.8. The minimum atomic E-state index is 0.551. The normalized spacial score (nSPS) is 15.7. The second kappa shape index (κ2) is 8.51. The maximum Gasteiger partial charge on any atom is 0.191 e. The Hall–Kier alpha value is -1.91. The minimum Gasteiger partial charge on any atom is -0.497 e. The van der Waals surface area contributed by atoms with Gasteiger partial charge in [-0.1, -0.05) is 12.8 Å². The Morgan fingerprint density at radius 3 is 2.64 bits per heavy atom. The van der Waals surface area contributed by atoms with E-state index in [1.807, 2.05) is 18.2 Å². The Bertz CT molecular complexity index is 497. The Kier molecular flexibility index (Phi) is 6.37. The molecule has 1 aromatic carbocycles. The monoisotopic (exact) mass is 305 g/mol. The average molecular weight is 305 g/mol. The molecular formula is C17H27N3O2. The third kappa shape index (κ3) is 4.55. The van der Waals surface area contributed by atoms with Crippen LogP contribution in [0.25, 0.3) is 0 Å². The lowest BCUT2D eigenvalue weighted by Gasteiger charge is -2.17. The first-order valence-corrected chi connectivity index (χ1v) is 8.02. The van der Waals surface area contributed by atoms with Gasteiger partial charge in [-0.2, -0.15) is 0 Å². The molecule has 0 bridgehead atoms. The first-order valence-electron chi connectivity index (χ1n) is 8.02. The van der Waals surface area contributed by atoms with E-state index in [1.165, 1.54) is 25.7 Å². The Labute approximate surface area is 133 Å². The molecule has 2 rings (SSSR count). The van der Waals surface area contributed by atoms with Crippen molar-refractivity contribution in [1.82, 2.24) is 10.6 Å². The number of nitrogens with one attached hydrogen (secondary N) is 2. The van der Waals surface area contributed by atoms with Crippen molar-refractivity contribution < 1.29 is 9.47 Å². The number of hydrogen-bond donors (Lipinski definition) is 2. The molecule has 122 valence electrons. The van der Waals surface area contributed by atoms with Crippen LogP contribution in [0.5, 0.6) is 11.5 Å². The summed E-state index contributed by atoms with van der Waals surface area (Å²) in [6.07, 6.45) is 5.08. The van der Waals surface area contributed by atoms with Gasteiger partial charge in [0.2, 0.25) is 0 Å². The standard InChI is InChI=1S/C17H27N3O2/c1-4-18-17(20-14-7-5-6-8-14)19-12-13-9-10-15(21-2)11-16(13)22-3/h9-11,14H,4-8,12H2,1-3H3,(H2,18,19,20). The van der Waals surface area contributed by atoms with Gasteiger partial charge in [-0.25, -0.2) is 4.99 Å². The fourth-order valence-corrected chi connectivity index (χ4v) is 2.73. The van der Waals surface area contributed by atoms with Crippen LogP contribution in [0.2, 0.25) is 0 Å². The highest BCUT2D eigenvalue weighted by atomic mass is 16.5. The molecule has 5 nitrogen and oxygen atoms in total. The highest BCUT2D eigenvalue weighted by Crippen LogP contribution is 2.25. The van der Waals surface area contributed by atoms with Gasteiger partial charge in [-0.05, 0) is 31.9 Å². The van der Waals surface area contributed by atoms with Gasteiger partial charge in [-0.15, -0.1) is 0 Å². The van der Waals surface area contributed by atoms with Gasteiger partial charge in [0.1, 0.15) is 11.5 Å². The Balaban J connectivity index is 2.05. The summed E-state index contributed by atoms with van der Waals surface area (Å²) in [5.41, 5.74) is 1.05.